The Morgan fingerprint density at radius 1 is 0.667 bits per heavy atom. The average molecular weight is 317 g/mol. The molecule has 0 aliphatic rings. The molecule has 0 aliphatic carbocycles. The van der Waals surface area contributed by atoms with Gasteiger partial charge in [-0.1, -0.05) is 91.0 Å². The summed E-state index contributed by atoms with van der Waals surface area (Å²) in [6.45, 7) is 0.780. The van der Waals surface area contributed by atoms with E-state index in [2.05, 4.69) is 29.6 Å². The Morgan fingerprint density at radius 3 is 1.75 bits per heavy atom. The third kappa shape index (κ3) is 4.54. The lowest BCUT2D eigenvalue weighted by Crippen LogP contribution is -2.23. The van der Waals surface area contributed by atoms with Crippen LogP contribution < -0.4 is 5.32 Å². The molecule has 3 rings (SSSR count). The molecule has 2 N–H and O–H groups in total. The van der Waals surface area contributed by atoms with Gasteiger partial charge in [-0.25, -0.2) is 0 Å². The van der Waals surface area contributed by atoms with Crippen LogP contribution in [-0.4, -0.2) is 5.11 Å². The molecule has 0 aromatic heterocycles. The molecule has 2 heteroatoms. The van der Waals surface area contributed by atoms with Crippen LogP contribution in [0, 0.1) is 0 Å². The minimum absolute atomic E-state index is 0.0987. The summed E-state index contributed by atoms with van der Waals surface area (Å²) in [4.78, 5) is 0. The largest absolute Gasteiger partial charge is 0.388 e. The van der Waals surface area contributed by atoms with E-state index in [-0.39, 0.29) is 6.04 Å². The summed E-state index contributed by atoms with van der Waals surface area (Å²) < 4.78 is 0. The minimum atomic E-state index is -0.486. The molecule has 122 valence electrons. The number of hydrogen-bond acceptors (Lipinski definition) is 2. The predicted molar refractivity (Wildman–Crippen MR) is 98.5 cm³/mol. The highest BCUT2D eigenvalue weighted by Gasteiger charge is 2.17. The van der Waals surface area contributed by atoms with Crippen molar-refractivity contribution in [2.75, 3.05) is 0 Å². The predicted octanol–water partition coefficient (Wildman–Crippen LogP) is 4.64. The Hall–Kier alpha value is -2.42. The second-order valence-corrected chi connectivity index (χ2v) is 5.99. The highest BCUT2D eigenvalue weighted by molar-refractivity contribution is 5.23. The molecule has 0 aliphatic heterocycles. The van der Waals surface area contributed by atoms with E-state index in [4.69, 9.17) is 0 Å². The lowest BCUT2D eigenvalue weighted by Gasteiger charge is -2.23. The summed E-state index contributed by atoms with van der Waals surface area (Å²) in [5.41, 5.74) is 3.40. The summed E-state index contributed by atoms with van der Waals surface area (Å²) in [6.07, 6.45) is 0.153. The Labute approximate surface area is 143 Å². The SMILES string of the molecule is O[C@@H](C[C@@H](NCc1ccccc1)c1ccccc1)c1ccccc1. The van der Waals surface area contributed by atoms with Crippen molar-refractivity contribution in [1.82, 2.24) is 5.32 Å². The highest BCUT2D eigenvalue weighted by Crippen LogP contribution is 2.26. The van der Waals surface area contributed by atoms with Crippen molar-refractivity contribution in [1.29, 1.82) is 0 Å². The second kappa shape index (κ2) is 8.44. The van der Waals surface area contributed by atoms with E-state index in [1.165, 1.54) is 11.1 Å². The Morgan fingerprint density at radius 2 is 1.17 bits per heavy atom. The number of hydrogen-bond donors (Lipinski definition) is 2. The molecular weight excluding hydrogens is 294 g/mol. The van der Waals surface area contributed by atoms with Crippen molar-refractivity contribution >= 4 is 0 Å². The Kier molecular flexibility index (Phi) is 5.78. The van der Waals surface area contributed by atoms with Gasteiger partial charge in [0.05, 0.1) is 6.10 Å². The van der Waals surface area contributed by atoms with Crippen molar-refractivity contribution < 1.29 is 5.11 Å². The molecule has 0 heterocycles. The number of nitrogens with one attached hydrogen (secondary N) is 1. The van der Waals surface area contributed by atoms with Crippen LogP contribution in [0.3, 0.4) is 0 Å². The fourth-order valence-corrected chi connectivity index (χ4v) is 2.89. The first-order valence-corrected chi connectivity index (χ1v) is 8.38. The second-order valence-electron chi connectivity index (χ2n) is 5.99. The van der Waals surface area contributed by atoms with Crippen LogP contribution in [0.15, 0.2) is 91.0 Å². The summed E-state index contributed by atoms with van der Waals surface area (Å²) in [7, 11) is 0. The topological polar surface area (TPSA) is 32.3 Å². The van der Waals surface area contributed by atoms with Gasteiger partial charge in [0.25, 0.3) is 0 Å². The molecule has 0 fully saturated rings. The summed E-state index contributed by atoms with van der Waals surface area (Å²) in [5.74, 6) is 0. The van der Waals surface area contributed by atoms with Crippen molar-refractivity contribution in [2.45, 2.75) is 25.1 Å². The van der Waals surface area contributed by atoms with Crippen molar-refractivity contribution in [3.05, 3.63) is 108 Å². The zero-order valence-electron chi connectivity index (χ0n) is 13.7. The van der Waals surface area contributed by atoms with Crippen LogP contribution in [0.1, 0.15) is 35.3 Å². The maximum absolute atomic E-state index is 10.6. The van der Waals surface area contributed by atoms with Crippen LogP contribution in [0.25, 0.3) is 0 Å². The first kappa shape index (κ1) is 16.4. The van der Waals surface area contributed by atoms with Gasteiger partial charge in [0.15, 0.2) is 0 Å². The highest BCUT2D eigenvalue weighted by atomic mass is 16.3. The van der Waals surface area contributed by atoms with E-state index < -0.39 is 6.10 Å². The van der Waals surface area contributed by atoms with Crippen LogP contribution in [0.5, 0.6) is 0 Å². The van der Waals surface area contributed by atoms with Gasteiger partial charge in [-0.3, -0.25) is 0 Å². The first-order valence-electron chi connectivity index (χ1n) is 8.38. The number of aliphatic hydroxyl groups excluding tert-OH is 1. The molecule has 0 saturated carbocycles. The van der Waals surface area contributed by atoms with Gasteiger partial charge in [-0.2, -0.15) is 0 Å². The molecule has 0 radical (unpaired) electrons. The molecule has 2 atom stereocenters. The maximum atomic E-state index is 10.6. The number of benzene rings is 3. The smallest absolute Gasteiger partial charge is 0.0808 e. The molecule has 2 nitrogen and oxygen atoms in total. The molecule has 0 bridgehead atoms. The summed E-state index contributed by atoms with van der Waals surface area (Å²) >= 11 is 0. The molecule has 0 spiro atoms. The standard InChI is InChI=1S/C22H23NO/c24-22(20-14-8-3-9-15-20)16-21(19-12-6-2-7-13-19)23-17-18-10-4-1-5-11-18/h1-15,21-24H,16-17H2/t21-,22+/m1/s1. The van der Waals surface area contributed by atoms with Crippen molar-refractivity contribution in [3.8, 4) is 0 Å². The fourth-order valence-electron chi connectivity index (χ4n) is 2.89. The Balaban J connectivity index is 1.72. The summed E-state index contributed by atoms with van der Waals surface area (Å²) in [6, 6.07) is 30.6. The van der Waals surface area contributed by atoms with E-state index in [0.717, 1.165) is 12.1 Å². The molecule has 0 saturated heterocycles. The summed E-state index contributed by atoms with van der Waals surface area (Å²) in [5, 5.41) is 14.2. The molecule has 3 aromatic rings. The van der Waals surface area contributed by atoms with E-state index in [1.807, 2.05) is 66.7 Å². The third-order valence-electron chi connectivity index (χ3n) is 4.24. The van der Waals surface area contributed by atoms with Crippen LogP contribution in [0.2, 0.25) is 0 Å². The zero-order chi connectivity index (χ0) is 16.6. The average Bonchev–Trinajstić information content (AvgIpc) is 2.67. The lowest BCUT2D eigenvalue weighted by atomic mass is 9.96. The minimum Gasteiger partial charge on any atom is -0.388 e. The van der Waals surface area contributed by atoms with E-state index >= 15 is 0 Å². The fraction of sp³-hybridized carbons (Fsp3) is 0.182. The van der Waals surface area contributed by atoms with Gasteiger partial charge in [0.1, 0.15) is 0 Å². The van der Waals surface area contributed by atoms with E-state index in [0.29, 0.717) is 6.42 Å². The normalized spacial score (nSPS) is 13.4. The van der Waals surface area contributed by atoms with Crippen LogP contribution >= 0.6 is 0 Å². The zero-order valence-corrected chi connectivity index (χ0v) is 13.7. The molecule has 0 amide bonds. The quantitative estimate of drug-likeness (QED) is 0.665. The van der Waals surface area contributed by atoms with Crippen molar-refractivity contribution in [2.24, 2.45) is 0 Å². The maximum Gasteiger partial charge on any atom is 0.0808 e. The first-order chi connectivity index (χ1) is 11.8. The molecule has 24 heavy (non-hydrogen) atoms. The van der Waals surface area contributed by atoms with Crippen LogP contribution in [-0.2, 0) is 6.54 Å². The number of aliphatic hydroxyl groups is 1. The van der Waals surface area contributed by atoms with E-state index in [1.54, 1.807) is 0 Å². The van der Waals surface area contributed by atoms with Gasteiger partial charge in [-0.15, -0.1) is 0 Å². The molecule has 0 unspecified atom stereocenters. The third-order valence-corrected chi connectivity index (χ3v) is 4.24. The van der Waals surface area contributed by atoms with Gasteiger partial charge in [-0.05, 0) is 23.1 Å². The van der Waals surface area contributed by atoms with Crippen LogP contribution in [0.4, 0.5) is 0 Å². The van der Waals surface area contributed by atoms with E-state index in [9.17, 15) is 5.11 Å². The monoisotopic (exact) mass is 317 g/mol. The number of rotatable bonds is 7. The lowest BCUT2D eigenvalue weighted by molar-refractivity contribution is 0.151. The molecular formula is C22H23NO. The van der Waals surface area contributed by atoms with Gasteiger partial charge < -0.3 is 10.4 Å². The van der Waals surface area contributed by atoms with Gasteiger partial charge in [0.2, 0.25) is 0 Å². The van der Waals surface area contributed by atoms with Crippen molar-refractivity contribution in [3.63, 3.8) is 0 Å². The van der Waals surface area contributed by atoms with Gasteiger partial charge in [0, 0.05) is 12.6 Å². The molecule has 3 aromatic carbocycles. The van der Waals surface area contributed by atoms with Gasteiger partial charge >= 0.3 is 0 Å². The Bertz CT molecular complexity index is 713.